The van der Waals surface area contributed by atoms with Crippen LogP contribution < -0.4 is 0 Å². The Balaban J connectivity index is 0. The van der Waals surface area contributed by atoms with E-state index in [1.165, 1.54) is 0 Å². The molecule has 0 aromatic rings. The van der Waals surface area contributed by atoms with Crippen LogP contribution in [-0.2, 0) is 0 Å². The summed E-state index contributed by atoms with van der Waals surface area (Å²) in [6, 6.07) is 0. The zero-order chi connectivity index (χ0) is 0. The zero-order valence-electron chi connectivity index (χ0n) is 2.45. The predicted octanol–water partition coefficient (Wildman–Crippen LogP) is -0.152. The Labute approximate surface area is 66.0 Å². The molecule has 44 valence electrons. The molecule has 0 rings (SSSR count). The summed E-state index contributed by atoms with van der Waals surface area (Å²) >= 11 is 0. The first-order valence-corrected chi connectivity index (χ1v) is 0. The van der Waals surface area contributed by atoms with Crippen LogP contribution in [0.25, 0.3) is 0 Å². The van der Waals surface area contributed by atoms with Gasteiger partial charge in [0.2, 0.25) is 0 Å². The first kappa shape index (κ1) is 172. The third kappa shape index (κ3) is 58.0. The van der Waals surface area contributed by atoms with E-state index in [1.807, 2.05) is 0 Å². The molecule has 0 bridgehead atoms. The molecule has 6 heteroatoms. The Morgan fingerprint density at radius 1 is 0.333 bits per heavy atom. The predicted molar refractivity (Wildman–Crippen MR) is 21.5 cm³/mol. The number of rotatable bonds is 0. The van der Waals surface area contributed by atoms with Gasteiger partial charge in [-0.2, -0.15) is 0 Å². The Morgan fingerprint density at radius 2 is 0.333 bits per heavy atom. The van der Waals surface area contributed by atoms with Gasteiger partial charge >= 0.3 is 0 Å². The molecule has 0 unspecified atom stereocenters. The zero-order valence-corrected chi connectivity index (χ0v) is 7.11. The number of hydrogen-bond donors (Lipinski definition) is 0. The van der Waals surface area contributed by atoms with Crippen molar-refractivity contribution in [2.75, 3.05) is 0 Å². The van der Waals surface area contributed by atoms with Crippen LogP contribution in [0.4, 0.5) is 18.8 Å². The Bertz CT molecular complexity index is 5.51. The van der Waals surface area contributed by atoms with Gasteiger partial charge in [0.1, 0.15) is 0 Å². The summed E-state index contributed by atoms with van der Waals surface area (Å²) in [6.45, 7) is 0. The Kier molecular flexibility index (Phi) is 3000. The fourth-order valence-electron chi connectivity index (χ4n) is 0. The molecule has 0 fully saturated rings. The smallest absolute Gasteiger partial charge is 0 e. The largest absolute Gasteiger partial charge is 0.269 e. The molecule has 4 radical (unpaired) electrons. The van der Waals surface area contributed by atoms with Gasteiger partial charge in [0, 0.05) is 47.3 Å². The normalized spacial score (nSPS) is 0. The second kappa shape index (κ2) is 105. The van der Waals surface area contributed by atoms with Crippen molar-refractivity contribution < 1.29 is 18.8 Å². The van der Waals surface area contributed by atoms with E-state index >= 15 is 0 Å². The van der Waals surface area contributed by atoms with Crippen LogP contribution in [0.1, 0.15) is 0 Å². The topological polar surface area (TPSA) is 0 Å². The van der Waals surface area contributed by atoms with Gasteiger partial charge in [-0.1, -0.05) is 0 Å². The second-order valence-corrected chi connectivity index (χ2v) is 0. The van der Waals surface area contributed by atoms with Crippen molar-refractivity contribution in [3.63, 3.8) is 0 Å². The van der Waals surface area contributed by atoms with Crippen LogP contribution >= 0.6 is 0 Å². The minimum Gasteiger partial charge on any atom is -0.269 e. The van der Waals surface area contributed by atoms with Crippen molar-refractivity contribution in [1.82, 2.24) is 0 Å². The van der Waals surface area contributed by atoms with Gasteiger partial charge in [-0.25, -0.2) is 0 Å². The van der Waals surface area contributed by atoms with Gasteiger partial charge in [0.15, 0.2) is 0 Å². The molecule has 0 aromatic carbocycles. The molecule has 0 saturated carbocycles. The Morgan fingerprint density at radius 3 is 0.333 bits per heavy atom. The summed E-state index contributed by atoms with van der Waals surface area (Å²) in [5.74, 6) is 0. The van der Waals surface area contributed by atoms with E-state index in [1.54, 1.807) is 0 Å². The molecule has 0 N–H and O–H groups in total. The first-order chi connectivity index (χ1) is 0. The number of halogens is 4. The van der Waals surface area contributed by atoms with E-state index in [9.17, 15) is 0 Å². The molecule has 0 aliphatic carbocycles. The summed E-state index contributed by atoms with van der Waals surface area (Å²) in [4.78, 5) is 0. The van der Waals surface area contributed by atoms with Gasteiger partial charge in [-0.3, -0.25) is 18.8 Å². The Hall–Kier alpha value is 1.30. The molecule has 0 saturated heterocycles. The maximum absolute atomic E-state index is 0. The SMILES string of the molecule is F.F.F.F.[Te].[Te]. The summed E-state index contributed by atoms with van der Waals surface area (Å²) < 4.78 is 0. The van der Waals surface area contributed by atoms with Crippen molar-refractivity contribution in [3.8, 4) is 0 Å². The average Bonchev–Trinajstić information content (AvgIpc) is 0. The number of hydrogen-bond acceptors (Lipinski definition) is 0. The van der Waals surface area contributed by atoms with Gasteiger partial charge < -0.3 is 0 Å². The molecule has 0 heterocycles. The molecule has 0 spiro atoms. The fraction of sp³-hybridized carbons (Fsp3) is 0. The van der Waals surface area contributed by atoms with E-state index in [0.29, 0.717) is 0 Å². The minimum absolute atomic E-state index is 0. The van der Waals surface area contributed by atoms with Gasteiger partial charge in [0.25, 0.3) is 0 Å². The van der Waals surface area contributed by atoms with Crippen molar-refractivity contribution in [3.05, 3.63) is 0 Å². The molecule has 0 nitrogen and oxygen atoms in total. The van der Waals surface area contributed by atoms with Gasteiger partial charge in [-0.05, 0) is 0 Å². The monoisotopic (exact) mass is 340 g/mol. The molecule has 0 amide bonds. The van der Waals surface area contributed by atoms with E-state index in [0.717, 1.165) is 0 Å². The summed E-state index contributed by atoms with van der Waals surface area (Å²) in [5.41, 5.74) is 0. The summed E-state index contributed by atoms with van der Waals surface area (Å²) in [7, 11) is 0. The van der Waals surface area contributed by atoms with Crippen LogP contribution in [0, 0.1) is 0 Å². The van der Waals surface area contributed by atoms with Crippen molar-refractivity contribution >= 4 is 47.3 Å². The minimum atomic E-state index is 0. The molecule has 0 aliphatic rings. The maximum Gasteiger partial charge on any atom is 0 e. The molecule has 0 aliphatic heterocycles. The van der Waals surface area contributed by atoms with Crippen molar-refractivity contribution in [2.24, 2.45) is 0 Å². The molecule has 6 heavy (non-hydrogen) atoms. The fourth-order valence-corrected chi connectivity index (χ4v) is 0. The standard InChI is InChI=1S/4FH.2Te/h4*1H;;. The van der Waals surface area contributed by atoms with E-state index < -0.39 is 0 Å². The summed E-state index contributed by atoms with van der Waals surface area (Å²) in [6.07, 6.45) is 0. The quantitative estimate of drug-likeness (QED) is 0.427. The third-order valence-electron chi connectivity index (χ3n) is 0. The second-order valence-electron chi connectivity index (χ2n) is 0. The van der Waals surface area contributed by atoms with Crippen LogP contribution in [0.15, 0.2) is 0 Å². The average molecular weight is 335 g/mol. The van der Waals surface area contributed by atoms with Crippen molar-refractivity contribution in [1.29, 1.82) is 0 Å². The van der Waals surface area contributed by atoms with Crippen LogP contribution in [0.3, 0.4) is 0 Å². The molecular weight excluding hydrogens is 331 g/mol. The van der Waals surface area contributed by atoms with Gasteiger partial charge in [0.05, 0.1) is 0 Å². The van der Waals surface area contributed by atoms with E-state index in [-0.39, 0.29) is 66.2 Å². The molecule has 0 atom stereocenters. The third-order valence-corrected chi connectivity index (χ3v) is 0. The van der Waals surface area contributed by atoms with Crippen molar-refractivity contribution in [2.45, 2.75) is 0 Å². The molecule has 0 aromatic heterocycles. The maximum atomic E-state index is 0. The van der Waals surface area contributed by atoms with E-state index in [2.05, 4.69) is 0 Å². The van der Waals surface area contributed by atoms with Crippen LogP contribution in [0.2, 0.25) is 0 Å². The van der Waals surface area contributed by atoms with Gasteiger partial charge in [-0.15, -0.1) is 0 Å². The molecular formula is H4F4Te2. The van der Waals surface area contributed by atoms with Crippen LogP contribution in [0.5, 0.6) is 0 Å². The summed E-state index contributed by atoms with van der Waals surface area (Å²) in [5, 5.41) is 0. The first-order valence-electron chi connectivity index (χ1n) is 0. The van der Waals surface area contributed by atoms with E-state index in [4.69, 9.17) is 0 Å². The van der Waals surface area contributed by atoms with Crippen LogP contribution in [-0.4, -0.2) is 47.3 Å².